The molecule has 0 aliphatic rings. The van der Waals surface area contributed by atoms with Crippen LogP contribution in [0.5, 0.6) is 11.5 Å². The topological polar surface area (TPSA) is 48.1 Å². The van der Waals surface area contributed by atoms with E-state index in [0.29, 0.717) is 11.4 Å². The number of ether oxygens (including phenoxy) is 1. The molecule has 0 fully saturated rings. The smallest absolute Gasteiger partial charge is 0.145 e. The number of aryl methyl sites for hydroxylation is 1. The first-order valence-corrected chi connectivity index (χ1v) is 7.23. The molecule has 1 heterocycles. The number of pyridine rings is 1. The van der Waals surface area contributed by atoms with Gasteiger partial charge in [0.1, 0.15) is 16.5 Å². The lowest BCUT2D eigenvalue weighted by atomic mass is 9.86. The van der Waals surface area contributed by atoms with E-state index >= 15 is 0 Å². The van der Waals surface area contributed by atoms with Crippen molar-refractivity contribution in [2.75, 3.05) is 0 Å². The predicted octanol–water partition coefficient (Wildman–Crippen LogP) is 4.11. The molecule has 0 saturated heterocycles. The Hall–Kier alpha value is -1.94. The highest BCUT2D eigenvalue weighted by Gasteiger charge is 2.15. The summed E-state index contributed by atoms with van der Waals surface area (Å²) in [5, 5.41) is 0. The molecule has 3 nitrogen and oxygen atoms in total. The summed E-state index contributed by atoms with van der Waals surface area (Å²) in [5.41, 5.74) is 8.63. The van der Waals surface area contributed by atoms with E-state index in [1.54, 1.807) is 12.3 Å². The minimum atomic E-state index is 0.128. The van der Waals surface area contributed by atoms with Crippen molar-refractivity contribution < 1.29 is 4.74 Å². The normalized spacial score (nSPS) is 11.2. The number of thiocarbonyl (C=S) groups is 1. The predicted molar refractivity (Wildman–Crippen MR) is 90.1 cm³/mol. The van der Waals surface area contributed by atoms with Crippen molar-refractivity contribution in [3.63, 3.8) is 0 Å². The number of rotatable bonds is 3. The van der Waals surface area contributed by atoms with Crippen LogP contribution in [0.2, 0.25) is 0 Å². The fourth-order valence-electron chi connectivity index (χ4n) is 1.94. The lowest BCUT2D eigenvalue weighted by molar-refractivity contribution is 0.475. The molecule has 0 unspecified atom stereocenters. The van der Waals surface area contributed by atoms with Gasteiger partial charge in [0.25, 0.3) is 0 Å². The van der Waals surface area contributed by atoms with E-state index in [4.69, 9.17) is 22.7 Å². The molecule has 0 amide bonds. The van der Waals surface area contributed by atoms with Crippen LogP contribution in [0.15, 0.2) is 36.5 Å². The summed E-state index contributed by atoms with van der Waals surface area (Å²) >= 11 is 4.88. The van der Waals surface area contributed by atoms with Gasteiger partial charge < -0.3 is 10.5 Å². The minimum Gasteiger partial charge on any atom is -0.455 e. The molecule has 0 spiro atoms. The highest BCUT2D eigenvalue weighted by atomic mass is 32.1. The lowest BCUT2D eigenvalue weighted by Gasteiger charge is -2.20. The maximum atomic E-state index is 5.86. The van der Waals surface area contributed by atoms with Gasteiger partial charge in [0, 0.05) is 0 Å². The maximum absolute atomic E-state index is 5.86. The number of hydrogen-bond donors (Lipinski definition) is 1. The van der Waals surface area contributed by atoms with E-state index in [-0.39, 0.29) is 10.4 Å². The van der Waals surface area contributed by atoms with Gasteiger partial charge in [0.05, 0.1) is 11.9 Å². The number of aromatic nitrogens is 1. The summed E-state index contributed by atoms with van der Waals surface area (Å²) in [6.07, 6.45) is 1.63. The quantitative estimate of drug-likeness (QED) is 0.866. The van der Waals surface area contributed by atoms with Crippen LogP contribution >= 0.6 is 12.2 Å². The summed E-state index contributed by atoms with van der Waals surface area (Å²) < 4.78 is 5.86. The van der Waals surface area contributed by atoms with Crippen molar-refractivity contribution in [3.05, 3.63) is 53.3 Å². The van der Waals surface area contributed by atoms with Gasteiger partial charge in [0.15, 0.2) is 0 Å². The number of hydrogen-bond acceptors (Lipinski definition) is 3. The summed E-state index contributed by atoms with van der Waals surface area (Å²) in [6.45, 7) is 8.63. The molecule has 0 saturated carbocycles. The van der Waals surface area contributed by atoms with Gasteiger partial charge in [0.2, 0.25) is 0 Å². The Morgan fingerprint density at radius 3 is 2.38 bits per heavy atom. The van der Waals surface area contributed by atoms with Gasteiger partial charge in [-0.3, -0.25) is 0 Å². The molecule has 0 atom stereocenters. The van der Waals surface area contributed by atoms with E-state index in [1.807, 2.05) is 19.1 Å². The average Bonchev–Trinajstić information content (AvgIpc) is 2.40. The highest BCUT2D eigenvalue weighted by molar-refractivity contribution is 7.80. The number of nitrogens with two attached hydrogens (primary N) is 1. The molecule has 1 aromatic carbocycles. The Labute approximate surface area is 131 Å². The van der Waals surface area contributed by atoms with Crippen LogP contribution in [-0.4, -0.2) is 9.97 Å². The molecule has 21 heavy (non-hydrogen) atoms. The Bertz CT molecular complexity index is 657. The monoisotopic (exact) mass is 300 g/mol. The van der Waals surface area contributed by atoms with Crippen LogP contribution in [0.1, 0.15) is 37.6 Å². The van der Waals surface area contributed by atoms with Crippen molar-refractivity contribution in [2.24, 2.45) is 5.73 Å². The molecule has 2 N–H and O–H groups in total. The molecule has 4 heteroatoms. The fraction of sp³-hybridized carbons (Fsp3) is 0.294. The maximum Gasteiger partial charge on any atom is 0.145 e. The molecule has 110 valence electrons. The molecular formula is C17H20N2OS. The van der Waals surface area contributed by atoms with Crippen molar-refractivity contribution in [3.8, 4) is 11.5 Å². The van der Waals surface area contributed by atoms with Gasteiger partial charge in [-0.25, -0.2) is 4.98 Å². The third-order valence-electron chi connectivity index (χ3n) is 3.26. The molecular weight excluding hydrogens is 280 g/mol. The highest BCUT2D eigenvalue weighted by Crippen LogP contribution is 2.30. The number of nitrogens with zero attached hydrogens (tertiary/aromatic N) is 1. The van der Waals surface area contributed by atoms with Crippen LogP contribution in [0.25, 0.3) is 0 Å². The first-order chi connectivity index (χ1) is 9.77. The molecule has 2 rings (SSSR count). The van der Waals surface area contributed by atoms with E-state index in [1.165, 1.54) is 5.56 Å². The lowest BCUT2D eigenvalue weighted by Crippen LogP contribution is -2.11. The number of benzene rings is 1. The summed E-state index contributed by atoms with van der Waals surface area (Å²) in [5.74, 6) is 1.49. The molecule has 0 aliphatic carbocycles. The Morgan fingerprint density at radius 1 is 1.19 bits per heavy atom. The van der Waals surface area contributed by atoms with Gasteiger partial charge in [-0.1, -0.05) is 45.1 Å². The van der Waals surface area contributed by atoms with Crippen LogP contribution in [0, 0.1) is 6.92 Å². The van der Waals surface area contributed by atoms with E-state index in [0.717, 1.165) is 11.3 Å². The standard InChI is InChI=1S/C17H20N2OS/c1-11-9-12(17(2,3)4)5-8-15(11)20-13-6-7-14(16(18)21)19-10-13/h5-10H,1-4H3,(H2,18,21). The van der Waals surface area contributed by atoms with E-state index in [2.05, 4.69) is 37.9 Å². The van der Waals surface area contributed by atoms with Crippen molar-refractivity contribution in [1.82, 2.24) is 4.98 Å². The molecule has 2 aromatic rings. The Kier molecular flexibility index (Phi) is 4.28. The Balaban J connectivity index is 2.22. The molecule has 0 radical (unpaired) electrons. The van der Waals surface area contributed by atoms with Crippen molar-refractivity contribution >= 4 is 17.2 Å². The largest absolute Gasteiger partial charge is 0.455 e. The Morgan fingerprint density at radius 2 is 1.90 bits per heavy atom. The second-order valence-corrected chi connectivity index (χ2v) is 6.52. The molecule has 0 aliphatic heterocycles. The zero-order chi connectivity index (χ0) is 15.6. The van der Waals surface area contributed by atoms with Crippen LogP contribution in [-0.2, 0) is 5.41 Å². The van der Waals surface area contributed by atoms with E-state index in [9.17, 15) is 0 Å². The SMILES string of the molecule is Cc1cc(C(C)(C)C)ccc1Oc1ccc(C(N)=S)nc1. The van der Waals surface area contributed by atoms with E-state index < -0.39 is 0 Å². The summed E-state index contributed by atoms with van der Waals surface area (Å²) in [7, 11) is 0. The minimum absolute atomic E-state index is 0.128. The summed E-state index contributed by atoms with van der Waals surface area (Å²) in [6, 6.07) is 9.83. The first kappa shape index (κ1) is 15.4. The van der Waals surface area contributed by atoms with Crippen LogP contribution < -0.4 is 10.5 Å². The van der Waals surface area contributed by atoms with Gasteiger partial charge >= 0.3 is 0 Å². The second kappa shape index (κ2) is 5.82. The average molecular weight is 300 g/mol. The first-order valence-electron chi connectivity index (χ1n) is 6.82. The fourth-order valence-corrected chi connectivity index (χ4v) is 2.06. The van der Waals surface area contributed by atoms with Gasteiger partial charge in [-0.05, 0) is 41.7 Å². The third-order valence-corrected chi connectivity index (χ3v) is 3.47. The zero-order valence-electron chi connectivity index (χ0n) is 12.8. The molecule has 1 aromatic heterocycles. The third kappa shape index (κ3) is 3.79. The van der Waals surface area contributed by atoms with Crippen molar-refractivity contribution in [2.45, 2.75) is 33.1 Å². The van der Waals surface area contributed by atoms with Gasteiger partial charge in [-0.15, -0.1) is 0 Å². The summed E-state index contributed by atoms with van der Waals surface area (Å²) in [4.78, 5) is 4.45. The molecule has 0 bridgehead atoms. The zero-order valence-corrected chi connectivity index (χ0v) is 13.6. The van der Waals surface area contributed by atoms with Crippen LogP contribution in [0.4, 0.5) is 0 Å². The van der Waals surface area contributed by atoms with Gasteiger partial charge in [-0.2, -0.15) is 0 Å². The second-order valence-electron chi connectivity index (χ2n) is 6.08. The van der Waals surface area contributed by atoms with Crippen molar-refractivity contribution in [1.29, 1.82) is 0 Å². The van der Waals surface area contributed by atoms with Crippen LogP contribution in [0.3, 0.4) is 0 Å².